The fraction of sp³-hybridized carbons (Fsp3) is 0.316. The summed E-state index contributed by atoms with van der Waals surface area (Å²) in [5.74, 6) is 0.0703. The summed E-state index contributed by atoms with van der Waals surface area (Å²) in [6.45, 7) is 6.12. The number of halogens is 1. The van der Waals surface area contributed by atoms with Crippen molar-refractivity contribution in [2.75, 3.05) is 5.32 Å². The van der Waals surface area contributed by atoms with E-state index in [2.05, 4.69) is 29.1 Å². The smallest absolute Gasteiger partial charge is 0.269 e. The van der Waals surface area contributed by atoms with E-state index in [1.807, 2.05) is 13.0 Å². The van der Waals surface area contributed by atoms with Gasteiger partial charge < -0.3 is 0 Å². The van der Waals surface area contributed by atoms with Crippen LogP contribution >= 0.6 is 22.7 Å². The van der Waals surface area contributed by atoms with E-state index < -0.39 is 0 Å². The summed E-state index contributed by atoms with van der Waals surface area (Å²) in [5, 5.41) is 4.37. The molecule has 0 fully saturated rings. The van der Waals surface area contributed by atoms with E-state index >= 15 is 0 Å². The molecule has 2 heterocycles. The number of thiazole rings is 2. The van der Waals surface area contributed by atoms with Gasteiger partial charge in [-0.25, -0.2) is 14.4 Å². The van der Waals surface area contributed by atoms with Gasteiger partial charge in [-0.1, -0.05) is 26.0 Å². The van der Waals surface area contributed by atoms with Crippen LogP contribution in [0.4, 0.5) is 9.52 Å². The van der Waals surface area contributed by atoms with Crippen LogP contribution in [0.3, 0.4) is 0 Å². The third-order valence-electron chi connectivity index (χ3n) is 3.67. The van der Waals surface area contributed by atoms with Crippen LogP contribution in [0.1, 0.15) is 44.7 Å². The minimum Gasteiger partial charge on any atom is -0.297 e. The number of carbonyl (C=O) groups is 1. The Morgan fingerprint density at radius 3 is 2.85 bits per heavy atom. The molecule has 1 aromatic carbocycles. The molecule has 7 heteroatoms. The van der Waals surface area contributed by atoms with Crippen LogP contribution in [0.15, 0.2) is 30.5 Å². The molecular weight excluding hydrogens is 369 g/mol. The number of hydrogen-bond donors (Lipinski definition) is 1. The second-order valence-electron chi connectivity index (χ2n) is 6.51. The van der Waals surface area contributed by atoms with Crippen molar-refractivity contribution in [2.24, 2.45) is 5.92 Å². The Balaban J connectivity index is 1.67. The van der Waals surface area contributed by atoms with Crippen LogP contribution in [0.2, 0.25) is 0 Å². The fourth-order valence-corrected chi connectivity index (χ4v) is 4.56. The van der Waals surface area contributed by atoms with Crippen molar-refractivity contribution < 1.29 is 9.18 Å². The van der Waals surface area contributed by atoms with Crippen molar-refractivity contribution in [3.05, 3.63) is 62.3 Å². The molecule has 0 bridgehead atoms. The van der Waals surface area contributed by atoms with E-state index in [9.17, 15) is 9.18 Å². The molecule has 3 rings (SSSR count). The summed E-state index contributed by atoms with van der Waals surface area (Å²) in [6.07, 6.45) is 3.17. The maximum absolute atomic E-state index is 13.3. The molecule has 2 aromatic heterocycles. The lowest BCUT2D eigenvalue weighted by Crippen LogP contribution is -2.11. The van der Waals surface area contributed by atoms with Crippen molar-refractivity contribution in [1.29, 1.82) is 0 Å². The van der Waals surface area contributed by atoms with E-state index in [1.165, 1.54) is 34.8 Å². The number of amides is 1. The Morgan fingerprint density at radius 1 is 1.31 bits per heavy atom. The number of nitrogens with zero attached hydrogens (tertiary/aromatic N) is 2. The lowest BCUT2D eigenvalue weighted by atomic mass is 10.1. The number of aromatic nitrogens is 2. The van der Waals surface area contributed by atoms with Crippen LogP contribution in [-0.2, 0) is 12.8 Å². The van der Waals surface area contributed by atoms with Crippen molar-refractivity contribution in [1.82, 2.24) is 9.97 Å². The molecule has 0 radical (unpaired) electrons. The van der Waals surface area contributed by atoms with Gasteiger partial charge in [0, 0.05) is 23.9 Å². The van der Waals surface area contributed by atoms with Gasteiger partial charge in [0.1, 0.15) is 10.7 Å². The average molecular weight is 390 g/mol. The third-order valence-corrected chi connectivity index (χ3v) is 5.76. The van der Waals surface area contributed by atoms with Gasteiger partial charge >= 0.3 is 0 Å². The summed E-state index contributed by atoms with van der Waals surface area (Å²) < 4.78 is 13.3. The highest BCUT2D eigenvalue weighted by atomic mass is 32.1. The van der Waals surface area contributed by atoms with Gasteiger partial charge in [-0.2, -0.15) is 0 Å². The maximum atomic E-state index is 13.3. The predicted octanol–water partition coefficient (Wildman–Crippen LogP) is 5.09. The van der Waals surface area contributed by atoms with Gasteiger partial charge in [-0.3, -0.25) is 10.1 Å². The number of hydrogen-bond acceptors (Lipinski definition) is 5. The second-order valence-corrected chi connectivity index (χ2v) is 8.71. The van der Waals surface area contributed by atoms with Crippen LogP contribution < -0.4 is 5.32 Å². The Bertz CT molecular complexity index is 917. The molecule has 136 valence electrons. The second kappa shape index (κ2) is 8.05. The topological polar surface area (TPSA) is 54.9 Å². The van der Waals surface area contributed by atoms with Gasteiger partial charge in [0.25, 0.3) is 5.91 Å². The molecule has 0 spiro atoms. The highest BCUT2D eigenvalue weighted by Gasteiger charge is 2.17. The van der Waals surface area contributed by atoms with E-state index in [1.54, 1.807) is 12.3 Å². The largest absolute Gasteiger partial charge is 0.297 e. The summed E-state index contributed by atoms with van der Waals surface area (Å²) >= 11 is 2.84. The number of anilines is 1. The zero-order valence-corrected chi connectivity index (χ0v) is 16.5. The Hall–Kier alpha value is -2.12. The zero-order valence-electron chi connectivity index (χ0n) is 14.9. The number of aryl methyl sites for hydroxylation is 1. The Labute approximate surface area is 160 Å². The monoisotopic (exact) mass is 389 g/mol. The van der Waals surface area contributed by atoms with Crippen LogP contribution in [0.25, 0.3) is 0 Å². The molecule has 0 saturated carbocycles. The van der Waals surface area contributed by atoms with Crippen molar-refractivity contribution in [3.8, 4) is 0 Å². The lowest BCUT2D eigenvalue weighted by Gasteiger charge is -2.00. The molecule has 0 aliphatic rings. The molecule has 0 unspecified atom stereocenters. The highest BCUT2D eigenvalue weighted by molar-refractivity contribution is 7.16. The van der Waals surface area contributed by atoms with E-state index in [-0.39, 0.29) is 11.7 Å². The summed E-state index contributed by atoms with van der Waals surface area (Å²) in [5.41, 5.74) is 1.63. The lowest BCUT2D eigenvalue weighted by molar-refractivity contribution is 0.103. The number of carbonyl (C=O) groups excluding carboxylic acids is 1. The van der Waals surface area contributed by atoms with Crippen LogP contribution in [-0.4, -0.2) is 15.9 Å². The molecule has 0 atom stereocenters. The minimum absolute atomic E-state index is 0.179. The summed E-state index contributed by atoms with van der Waals surface area (Å²) in [7, 11) is 0. The quantitative estimate of drug-likeness (QED) is 0.639. The fourth-order valence-electron chi connectivity index (χ4n) is 2.55. The first kappa shape index (κ1) is 18.7. The van der Waals surface area contributed by atoms with Gasteiger partial charge in [0.05, 0.1) is 10.7 Å². The van der Waals surface area contributed by atoms with Gasteiger partial charge in [0.2, 0.25) is 0 Å². The van der Waals surface area contributed by atoms with E-state index in [0.29, 0.717) is 22.3 Å². The molecule has 3 aromatic rings. The third kappa shape index (κ3) is 4.74. The number of nitrogens with one attached hydrogen (secondary N) is 1. The van der Waals surface area contributed by atoms with Gasteiger partial charge in [-0.05, 0) is 30.5 Å². The number of benzene rings is 1. The standard InChI is InChI=1S/C19H20FN3OS2/c1-11(2)7-16-22-12(3)17(26-16)18(24)23-19-21-10-15(25-19)9-13-5-4-6-14(20)8-13/h4-6,8,10-11H,7,9H2,1-3H3,(H,21,23,24). The summed E-state index contributed by atoms with van der Waals surface area (Å²) in [6, 6.07) is 6.50. The molecule has 1 amide bonds. The van der Waals surface area contributed by atoms with E-state index in [4.69, 9.17) is 0 Å². The highest BCUT2D eigenvalue weighted by Crippen LogP contribution is 2.25. The van der Waals surface area contributed by atoms with Gasteiger partial charge in [0.15, 0.2) is 5.13 Å². The molecule has 0 aliphatic heterocycles. The molecule has 26 heavy (non-hydrogen) atoms. The van der Waals surface area contributed by atoms with Crippen molar-refractivity contribution in [3.63, 3.8) is 0 Å². The maximum Gasteiger partial charge on any atom is 0.269 e. The molecular formula is C19H20FN3OS2. The molecule has 0 aliphatic carbocycles. The zero-order chi connectivity index (χ0) is 18.7. The van der Waals surface area contributed by atoms with Crippen LogP contribution in [0, 0.1) is 18.7 Å². The predicted molar refractivity (Wildman–Crippen MR) is 105 cm³/mol. The first-order valence-corrected chi connectivity index (χ1v) is 10.0. The first-order valence-electron chi connectivity index (χ1n) is 8.37. The van der Waals surface area contributed by atoms with E-state index in [0.717, 1.165) is 27.6 Å². The normalized spacial score (nSPS) is 11.1. The SMILES string of the molecule is Cc1nc(CC(C)C)sc1C(=O)Nc1ncc(Cc2cccc(F)c2)s1. The Kier molecular flexibility index (Phi) is 5.78. The van der Waals surface area contributed by atoms with Crippen LogP contribution in [0.5, 0.6) is 0 Å². The molecule has 4 nitrogen and oxygen atoms in total. The molecule has 0 saturated heterocycles. The number of rotatable bonds is 6. The summed E-state index contributed by atoms with van der Waals surface area (Å²) in [4.78, 5) is 22.9. The Morgan fingerprint density at radius 2 is 2.12 bits per heavy atom. The van der Waals surface area contributed by atoms with Crippen molar-refractivity contribution in [2.45, 2.75) is 33.6 Å². The average Bonchev–Trinajstić information content (AvgIpc) is 3.13. The van der Waals surface area contributed by atoms with Crippen molar-refractivity contribution >= 4 is 33.7 Å². The molecule has 1 N–H and O–H groups in total. The minimum atomic E-state index is -0.251. The first-order chi connectivity index (χ1) is 12.4. The van der Waals surface area contributed by atoms with Gasteiger partial charge in [-0.15, -0.1) is 22.7 Å².